The Hall–Kier alpha value is -1.46. The van der Waals surface area contributed by atoms with Gasteiger partial charge in [-0.1, -0.05) is 0 Å². The van der Waals surface area contributed by atoms with Crippen molar-refractivity contribution in [1.82, 2.24) is 9.88 Å². The minimum atomic E-state index is -0.0464. The van der Waals surface area contributed by atoms with E-state index >= 15 is 0 Å². The number of nitrogens with zero attached hydrogens (tertiary/aromatic N) is 2. The molecule has 1 amide bonds. The van der Waals surface area contributed by atoms with Gasteiger partial charge in [-0.15, -0.1) is 0 Å². The van der Waals surface area contributed by atoms with Crippen molar-refractivity contribution in [3.8, 4) is 0 Å². The number of rotatable bonds is 4. The third-order valence-corrected chi connectivity index (χ3v) is 4.80. The summed E-state index contributed by atoms with van der Waals surface area (Å²) in [6.07, 6.45) is 6.55. The maximum Gasteiger partial charge on any atom is 0.253 e. The monoisotopic (exact) mass is 304 g/mol. The van der Waals surface area contributed by atoms with E-state index in [4.69, 9.17) is 9.47 Å². The lowest BCUT2D eigenvalue weighted by atomic mass is 9.73. The molecule has 5 nitrogen and oxygen atoms in total. The standard InChI is InChI=1S/C17H24N2O3/c1-2-21-13-17-7-3-11-22-15(17)6-10-19(12-17)16(20)14-4-8-18-9-5-14/h4-5,8-9,15H,2-3,6-7,10-13H2,1H3/t15-,17-/m1/s1. The van der Waals surface area contributed by atoms with Gasteiger partial charge in [0.1, 0.15) is 0 Å². The van der Waals surface area contributed by atoms with E-state index in [1.54, 1.807) is 24.5 Å². The number of amides is 1. The SMILES string of the molecule is CCOC[C@]12CCCO[C@@H]1CCN(C(=O)c1ccncc1)C2. The topological polar surface area (TPSA) is 51.7 Å². The number of hydrogen-bond donors (Lipinski definition) is 0. The van der Waals surface area contributed by atoms with Gasteiger partial charge >= 0.3 is 0 Å². The molecule has 0 saturated carbocycles. The Morgan fingerprint density at radius 1 is 1.50 bits per heavy atom. The van der Waals surface area contributed by atoms with Crippen LogP contribution in [-0.4, -0.2) is 54.8 Å². The first-order valence-corrected chi connectivity index (χ1v) is 8.14. The van der Waals surface area contributed by atoms with Gasteiger partial charge in [-0.05, 0) is 38.3 Å². The molecule has 2 fully saturated rings. The van der Waals surface area contributed by atoms with Gasteiger partial charge in [-0.3, -0.25) is 9.78 Å². The molecular formula is C17H24N2O3. The Balaban J connectivity index is 1.76. The highest BCUT2D eigenvalue weighted by Gasteiger charge is 2.47. The number of likely N-dealkylation sites (tertiary alicyclic amines) is 1. The summed E-state index contributed by atoms with van der Waals surface area (Å²) in [6, 6.07) is 3.56. The first-order chi connectivity index (χ1) is 10.7. The van der Waals surface area contributed by atoms with Crippen molar-refractivity contribution in [2.45, 2.75) is 32.3 Å². The van der Waals surface area contributed by atoms with Crippen molar-refractivity contribution in [1.29, 1.82) is 0 Å². The Labute approximate surface area is 131 Å². The second-order valence-corrected chi connectivity index (χ2v) is 6.21. The highest BCUT2D eigenvalue weighted by Crippen LogP contribution is 2.40. The molecule has 0 spiro atoms. The zero-order chi connectivity index (χ0) is 15.4. The van der Waals surface area contributed by atoms with E-state index in [0.29, 0.717) is 18.8 Å². The Morgan fingerprint density at radius 2 is 2.32 bits per heavy atom. The average Bonchev–Trinajstić information content (AvgIpc) is 2.59. The van der Waals surface area contributed by atoms with Crippen LogP contribution in [0.3, 0.4) is 0 Å². The predicted octanol–water partition coefficient (Wildman–Crippen LogP) is 2.13. The summed E-state index contributed by atoms with van der Waals surface area (Å²) in [5.74, 6) is 0.0855. The van der Waals surface area contributed by atoms with Gasteiger partial charge < -0.3 is 14.4 Å². The maximum atomic E-state index is 12.7. The zero-order valence-electron chi connectivity index (χ0n) is 13.2. The minimum Gasteiger partial charge on any atom is -0.381 e. The van der Waals surface area contributed by atoms with Crippen molar-refractivity contribution in [2.24, 2.45) is 5.41 Å². The second kappa shape index (κ2) is 6.75. The van der Waals surface area contributed by atoms with E-state index in [2.05, 4.69) is 4.98 Å². The van der Waals surface area contributed by atoms with Gasteiger partial charge in [0.25, 0.3) is 5.91 Å². The van der Waals surface area contributed by atoms with Crippen LogP contribution in [0.15, 0.2) is 24.5 Å². The lowest BCUT2D eigenvalue weighted by Gasteiger charge is -2.50. The smallest absolute Gasteiger partial charge is 0.253 e. The summed E-state index contributed by atoms with van der Waals surface area (Å²) in [5, 5.41) is 0. The first-order valence-electron chi connectivity index (χ1n) is 8.14. The molecule has 120 valence electrons. The van der Waals surface area contributed by atoms with Crippen LogP contribution >= 0.6 is 0 Å². The summed E-state index contributed by atoms with van der Waals surface area (Å²) in [4.78, 5) is 18.6. The zero-order valence-corrected chi connectivity index (χ0v) is 13.2. The lowest BCUT2D eigenvalue weighted by molar-refractivity contribution is -0.146. The van der Waals surface area contributed by atoms with Crippen LogP contribution < -0.4 is 0 Å². The summed E-state index contributed by atoms with van der Waals surface area (Å²) in [5.41, 5.74) is 0.659. The van der Waals surface area contributed by atoms with Crippen LogP contribution in [0.2, 0.25) is 0 Å². The predicted molar refractivity (Wildman–Crippen MR) is 82.7 cm³/mol. The lowest BCUT2D eigenvalue weighted by Crippen LogP contribution is -2.58. The number of aromatic nitrogens is 1. The highest BCUT2D eigenvalue weighted by molar-refractivity contribution is 5.94. The number of hydrogen-bond acceptors (Lipinski definition) is 4. The van der Waals surface area contributed by atoms with Gasteiger partial charge in [0.15, 0.2) is 0 Å². The molecule has 1 aromatic heterocycles. The van der Waals surface area contributed by atoms with E-state index < -0.39 is 0 Å². The van der Waals surface area contributed by atoms with Crippen molar-refractivity contribution in [3.63, 3.8) is 0 Å². The van der Waals surface area contributed by atoms with Crippen molar-refractivity contribution in [2.75, 3.05) is 32.9 Å². The normalized spacial score (nSPS) is 28.2. The number of pyridine rings is 1. The maximum absolute atomic E-state index is 12.7. The van der Waals surface area contributed by atoms with Gasteiger partial charge in [0.2, 0.25) is 0 Å². The molecule has 2 aliphatic heterocycles. The Morgan fingerprint density at radius 3 is 3.09 bits per heavy atom. The molecule has 0 aromatic carbocycles. The molecule has 0 bridgehead atoms. The van der Waals surface area contributed by atoms with E-state index in [1.807, 2.05) is 11.8 Å². The Bertz CT molecular complexity index is 508. The third kappa shape index (κ3) is 3.01. The number of carbonyl (C=O) groups is 1. The van der Waals surface area contributed by atoms with Crippen LogP contribution in [0.4, 0.5) is 0 Å². The van der Waals surface area contributed by atoms with Crippen LogP contribution in [0.5, 0.6) is 0 Å². The molecule has 5 heteroatoms. The summed E-state index contributed by atoms with van der Waals surface area (Å²) >= 11 is 0. The van der Waals surface area contributed by atoms with E-state index in [9.17, 15) is 4.79 Å². The summed E-state index contributed by atoms with van der Waals surface area (Å²) < 4.78 is 11.7. The van der Waals surface area contributed by atoms with Gasteiger partial charge in [0.05, 0.1) is 12.7 Å². The molecule has 3 heterocycles. The largest absolute Gasteiger partial charge is 0.381 e. The number of piperidine rings is 1. The molecule has 22 heavy (non-hydrogen) atoms. The number of carbonyl (C=O) groups excluding carboxylic acids is 1. The van der Waals surface area contributed by atoms with Crippen molar-refractivity contribution in [3.05, 3.63) is 30.1 Å². The molecule has 0 unspecified atom stereocenters. The highest BCUT2D eigenvalue weighted by atomic mass is 16.5. The number of ether oxygens (including phenoxy) is 2. The fourth-order valence-corrected chi connectivity index (χ4v) is 3.66. The molecule has 2 aliphatic rings. The van der Waals surface area contributed by atoms with Gasteiger partial charge in [-0.2, -0.15) is 0 Å². The molecule has 1 aromatic rings. The minimum absolute atomic E-state index is 0.0464. The van der Waals surface area contributed by atoms with Crippen LogP contribution in [0.1, 0.15) is 36.5 Å². The summed E-state index contributed by atoms with van der Waals surface area (Å²) in [6.45, 7) is 5.69. The average molecular weight is 304 g/mol. The Kier molecular flexibility index (Phi) is 4.74. The molecule has 2 atom stereocenters. The second-order valence-electron chi connectivity index (χ2n) is 6.21. The van der Waals surface area contributed by atoms with E-state index in [-0.39, 0.29) is 17.4 Å². The fraction of sp³-hybridized carbons (Fsp3) is 0.647. The van der Waals surface area contributed by atoms with Crippen LogP contribution in [0.25, 0.3) is 0 Å². The fourth-order valence-electron chi connectivity index (χ4n) is 3.66. The third-order valence-electron chi connectivity index (χ3n) is 4.80. The van der Waals surface area contributed by atoms with Crippen molar-refractivity contribution >= 4 is 5.91 Å². The first kappa shape index (κ1) is 15.4. The molecule has 3 rings (SSSR count). The molecule has 2 saturated heterocycles. The summed E-state index contributed by atoms with van der Waals surface area (Å²) in [7, 11) is 0. The van der Waals surface area contributed by atoms with E-state index in [1.165, 1.54) is 0 Å². The van der Waals surface area contributed by atoms with Crippen LogP contribution in [0, 0.1) is 5.41 Å². The van der Waals surface area contributed by atoms with Gasteiger partial charge in [-0.25, -0.2) is 0 Å². The van der Waals surface area contributed by atoms with Gasteiger partial charge in [0, 0.05) is 49.7 Å². The molecular weight excluding hydrogens is 280 g/mol. The van der Waals surface area contributed by atoms with Crippen molar-refractivity contribution < 1.29 is 14.3 Å². The quantitative estimate of drug-likeness (QED) is 0.855. The van der Waals surface area contributed by atoms with E-state index in [0.717, 1.165) is 39.0 Å². The molecule has 0 aliphatic carbocycles. The molecule has 0 radical (unpaired) electrons. The number of fused-ring (bicyclic) bond motifs is 1. The molecule has 0 N–H and O–H groups in total. The van der Waals surface area contributed by atoms with Crippen LogP contribution in [-0.2, 0) is 9.47 Å².